The van der Waals surface area contributed by atoms with Crippen LogP contribution in [0.3, 0.4) is 0 Å². The smallest absolute Gasteiger partial charge is 0.342 e. The molecule has 0 amide bonds. The highest BCUT2D eigenvalue weighted by atomic mass is 16.6. The SMILES string of the molecule is CN1CC=C(c2ccccc2C2CCCN2c2ccc(-c3ccc(C(=O)OC(C)(C)C)c(Oc4cnc5[nH]ccc5c4)c3)cc2)CC1. The lowest BCUT2D eigenvalue weighted by atomic mass is 9.90. The fourth-order valence-corrected chi connectivity index (χ4v) is 6.73. The summed E-state index contributed by atoms with van der Waals surface area (Å²) in [6.07, 6.45) is 9.30. The summed E-state index contributed by atoms with van der Waals surface area (Å²) in [6.45, 7) is 8.72. The van der Waals surface area contributed by atoms with E-state index in [1.165, 1.54) is 28.8 Å². The zero-order valence-electron chi connectivity index (χ0n) is 27.6. The average molecular weight is 627 g/mol. The second-order valence-corrected chi connectivity index (χ2v) is 13.6. The molecule has 0 aliphatic carbocycles. The number of anilines is 1. The lowest BCUT2D eigenvalue weighted by molar-refractivity contribution is 0.00672. The van der Waals surface area contributed by atoms with Gasteiger partial charge in [-0.3, -0.25) is 0 Å². The Bertz CT molecular complexity index is 1940. The van der Waals surface area contributed by atoms with E-state index in [4.69, 9.17) is 9.47 Å². The molecular weight excluding hydrogens is 584 g/mol. The first-order chi connectivity index (χ1) is 22.7. The lowest BCUT2D eigenvalue weighted by Gasteiger charge is -2.30. The van der Waals surface area contributed by atoms with E-state index in [-0.39, 0.29) is 0 Å². The average Bonchev–Trinajstić information content (AvgIpc) is 3.74. The molecule has 47 heavy (non-hydrogen) atoms. The van der Waals surface area contributed by atoms with E-state index in [1.54, 1.807) is 12.3 Å². The van der Waals surface area contributed by atoms with Gasteiger partial charge in [0.2, 0.25) is 0 Å². The van der Waals surface area contributed by atoms with Crippen LogP contribution in [0.25, 0.3) is 27.7 Å². The van der Waals surface area contributed by atoms with Crippen molar-refractivity contribution in [2.75, 3.05) is 31.6 Å². The first-order valence-electron chi connectivity index (χ1n) is 16.5. The minimum absolute atomic E-state index is 0.344. The van der Waals surface area contributed by atoms with Gasteiger partial charge < -0.3 is 24.3 Å². The molecule has 7 heteroatoms. The van der Waals surface area contributed by atoms with Crippen LogP contribution in [0, 0.1) is 0 Å². The second kappa shape index (κ2) is 12.7. The molecule has 5 aromatic rings. The van der Waals surface area contributed by atoms with Gasteiger partial charge in [-0.05, 0) is 111 Å². The molecule has 240 valence electrons. The largest absolute Gasteiger partial charge is 0.456 e. The number of benzene rings is 3. The minimum atomic E-state index is -0.632. The molecule has 0 bridgehead atoms. The minimum Gasteiger partial charge on any atom is -0.456 e. The number of rotatable bonds is 7. The van der Waals surface area contributed by atoms with E-state index in [2.05, 4.69) is 81.4 Å². The highest BCUT2D eigenvalue weighted by Gasteiger charge is 2.29. The van der Waals surface area contributed by atoms with Crippen molar-refractivity contribution in [1.29, 1.82) is 0 Å². The molecule has 4 heterocycles. The molecule has 2 aliphatic rings. The molecule has 1 atom stereocenters. The summed E-state index contributed by atoms with van der Waals surface area (Å²) in [5.74, 6) is 0.546. The molecule has 0 spiro atoms. The van der Waals surface area contributed by atoms with Crippen LogP contribution in [-0.4, -0.2) is 53.1 Å². The number of carbonyl (C=O) groups excluding carboxylic acids is 1. The van der Waals surface area contributed by atoms with E-state index in [1.807, 2.05) is 51.2 Å². The van der Waals surface area contributed by atoms with Crippen molar-refractivity contribution in [2.45, 2.75) is 51.7 Å². The summed E-state index contributed by atoms with van der Waals surface area (Å²) in [6, 6.07) is 27.6. The molecule has 2 aliphatic heterocycles. The van der Waals surface area contributed by atoms with Crippen molar-refractivity contribution in [1.82, 2.24) is 14.9 Å². The number of hydrogen-bond acceptors (Lipinski definition) is 6. The van der Waals surface area contributed by atoms with Crippen LogP contribution in [0.4, 0.5) is 5.69 Å². The van der Waals surface area contributed by atoms with Crippen LogP contribution in [0.1, 0.15) is 67.6 Å². The number of nitrogens with one attached hydrogen (secondary N) is 1. The number of hydrogen-bond donors (Lipinski definition) is 1. The predicted molar refractivity (Wildman–Crippen MR) is 189 cm³/mol. The van der Waals surface area contributed by atoms with Gasteiger partial charge in [0.25, 0.3) is 0 Å². The Morgan fingerprint density at radius 3 is 2.55 bits per heavy atom. The molecule has 0 saturated carbocycles. The van der Waals surface area contributed by atoms with Gasteiger partial charge in [0, 0.05) is 36.9 Å². The lowest BCUT2D eigenvalue weighted by Crippen LogP contribution is -2.25. The molecule has 1 saturated heterocycles. The van der Waals surface area contributed by atoms with Crippen molar-refractivity contribution in [3.8, 4) is 22.6 Å². The number of likely N-dealkylation sites (N-methyl/N-ethyl adjacent to an activating group) is 1. The first kappa shape index (κ1) is 30.8. The third kappa shape index (κ3) is 6.67. The quantitative estimate of drug-likeness (QED) is 0.182. The molecule has 7 rings (SSSR count). The van der Waals surface area contributed by atoms with Gasteiger partial charge >= 0.3 is 5.97 Å². The number of aromatic nitrogens is 2. The van der Waals surface area contributed by atoms with E-state index in [0.717, 1.165) is 54.6 Å². The number of nitrogens with zero attached hydrogens (tertiary/aromatic N) is 3. The van der Waals surface area contributed by atoms with Gasteiger partial charge in [-0.2, -0.15) is 0 Å². The van der Waals surface area contributed by atoms with Crippen molar-refractivity contribution in [3.05, 3.63) is 114 Å². The Morgan fingerprint density at radius 1 is 0.957 bits per heavy atom. The molecule has 1 N–H and O–H groups in total. The highest BCUT2D eigenvalue weighted by Crippen LogP contribution is 2.41. The molecule has 2 aromatic heterocycles. The van der Waals surface area contributed by atoms with Crippen molar-refractivity contribution in [2.24, 2.45) is 0 Å². The van der Waals surface area contributed by atoms with Crippen molar-refractivity contribution >= 4 is 28.3 Å². The van der Waals surface area contributed by atoms with Crippen LogP contribution < -0.4 is 9.64 Å². The summed E-state index contributed by atoms with van der Waals surface area (Å²) in [7, 11) is 2.19. The Labute approximate surface area is 276 Å². The van der Waals surface area contributed by atoms with Crippen LogP contribution in [0.5, 0.6) is 11.5 Å². The number of ether oxygens (including phenoxy) is 2. The summed E-state index contributed by atoms with van der Waals surface area (Å²) in [5, 5.41) is 0.930. The van der Waals surface area contributed by atoms with Gasteiger partial charge in [-0.25, -0.2) is 9.78 Å². The molecule has 0 radical (unpaired) electrons. The van der Waals surface area contributed by atoms with Crippen molar-refractivity contribution in [3.63, 3.8) is 0 Å². The summed E-state index contributed by atoms with van der Waals surface area (Å²) in [5.41, 5.74) is 8.03. The second-order valence-electron chi connectivity index (χ2n) is 13.6. The number of fused-ring (bicyclic) bond motifs is 1. The summed E-state index contributed by atoms with van der Waals surface area (Å²) < 4.78 is 12.1. The van der Waals surface area contributed by atoms with E-state index < -0.39 is 11.6 Å². The van der Waals surface area contributed by atoms with Crippen LogP contribution >= 0.6 is 0 Å². The van der Waals surface area contributed by atoms with Crippen molar-refractivity contribution < 1.29 is 14.3 Å². The molecule has 7 nitrogen and oxygen atoms in total. The van der Waals surface area contributed by atoms with E-state index in [0.29, 0.717) is 23.1 Å². The maximum atomic E-state index is 13.2. The first-order valence-corrected chi connectivity index (χ1v) is 16.5. The Balaban J connectivity index is 1.17. The summed E-state index contributed by atoms with van der Waals surface area (Å²) in [4.78, 5) is 25.7. The zero-order valence-corrected chi connectivity index (χ0v) is 27.6. The van der Waals surface area contributed by atoms with Gasteiger partial charge in [-0.15, -0.1) is 0 Å². The van der Waals surface area contributed by atoms with E-state index in [9.17, 15) is 4.79 Å². The van der Waals surface area contributed by atoms with Crippen LogP contribution in [0.2, 0.25) is 0 Å². The number of esters is 1. The maximum Gasteiger partial charge on any atom is 0.342 e. The normalized spacial score (nSPS) is 17.1. The predicted octanol–water partition coefficient (Wildman–Crippen LogP) is 9.04. The zero-order chi connectivity index (χ0) is 32.5. The number of aromatic amines is 1. The third-order valence-electron chi connectivity index (χ3n) is 9.07. The molecule has 1 fully saturated rings. The van der Waals surface area contributed by atoms with Crippen LogP contribution in [-0.2, 0) is 4.74 Å². The fourth-order valence-electron chi connectivity index (χ4n) is 6.73. The molecule has 1 unspecified atom stereocenters. The number of pyridine rings is 1. The third-order valence-corrected chi connectivity index (χ3v) is 9.07. The fraction of sp³-hybridized carbons (Fsp3) is 0.300. The monoisotopic (exact) mass is 626 g/mol. The van der Waals surface area contributed by atoms with Gasteiger partial charge in [0.15, 0.2) is 0 Å². The molecule has 3 aromatic carbocycles. The summed E-state index contributed by atoms with van der Waals surface area (Å²) >= 11 is 0. The van der Waals surface area contributed by atoms with Gasteiger partial charge in [0.05, 0.1) is 12.2 Å². The Kier molecular flexibility index (Phi) is 8.33. The Morgan fingerprint density at radius 2 is 1.77 bits per heavy atom. The van der Waals surface area contributed by atoms with Crippen LogP contribution in [0.15, 0.2) is 97.3 Å². The highest BCUT2D eigenvalue weighted by molar-refractivity contribution is 5.94. The molecular formula is C40H42N4O3. The Hall–Kier alpha value is -4.88. The van der Waals surface area contributed by atoms with Gasteiger partial charge in [-0.1, -0.05) is 48.5 Å². The topological polar surface area (TPSA) is 70.7 Å². The maximum absolute atomic E-state index is 13.2. The number of H-pyrrole nitrogens is 1. The standard InChI is InChI=1S/C40H42N4O3/c1-40(2,3)47-39(45)35-16-13-29(25-37(35)46-32-24-30-17-20-41-38(30)42-26-32)27-11-14-31(15-12-27)44-21-7-10-36(44)34-9-6-5-8-33(34)28-18-22-43(4)23-19-28/h5-6,8-9,11-18,20,24-26,36H,7,10,19,21-23H2,1-4H3,(H,41,42). The number of carbonyl (C=O) groups is 1. The van der Waals surface area contributed by atoms with E-state index >= 15 is 0 Å². The van der Waals surface area contributed by atoms with Gasteiger partial charge in [0.1, 0.15) is 28.3 Å².